The van der Waals surface area contributed by atoms with E-state index in [1.807, 2.05) is 18.2 Å². The standard InChI is InChI=1S/C11H11N3O2/c1-9(10-4-2-3-5-13-10)16-11(15)14-7-6-12-8-14/h2-9H,1H3/t9-/m0/s1. The Morgan fingerprint density at radius 1 is 1.44 bits per heavy atom. The van der Waals surface area contributed by atoms with Gasteiger partial charge in [-0.2, -0.15) is 0 Å². The number of carbonyl (C=O) groups is 1. The van der Waals surface area contributed by atoms with E-state index >= 15 is 0 Å². The summed E-state index contributed by atoms with van der Waals surface area (Å²) >= 11 is 0. The number of carbonyl (C=O) groups excluding carboxylic acids is 1. The monoisotopic (exact) mass is 217 g/mol. The number of imidazole rings is 1. The fourth-order valence-electron chi connectivity index (χ4n) is 1.26. The SMILES string of the molecule is C[C@H](OC(=O)n1ccnc1)c1ccccn1. The van der Waals surface area contributed by atoms with Gasteiger partial charge in [-0.1, -0.05) is 6.07 Å². The van der Waals surface area contributed by atoms with Gasteiger partial charge in [-0.25, -0.2) is 14.3 Å². The number of hydrogen-bond donors (Lipinski definition) is 0. The lowest BCUT2D eigenvalue weighted by Crippen LogP contribution is -2.14. The quantitative estimate of drug-likeness (QED) is 0.772. The van der Waals surface area contributed by atoms with Gasteiger partial charge in [0.2, 0.25) is 0 Å². The minimum atomic E-state index is -0.462. The van der Waals surface area contributed by atoms with E-state index in [9.17, 15) is 4.79 Å². The van der Waals surface area contributed by atoms with Crippen LogP contribution < -0.4 is 0 Å². The van der Waals surface area contributed by atoms with Crippen LogP contribution in [-0.4, -0.2) is 20.6 Å². The van der Waals surface area contributed by atoms with E-state index in [1.165, 1.54) is 23.3 Å². The van der Waals surface area contributed by atoms with E-state index in [4.69, 9.17) is 4.74 Å². The fraction of sp³-hybridized carbons (Fsp3) is 0.182. The number of rotatable bonds is 2. The Morgan fingerprint density at radius 2 is 2.31 bits per heavy atom. The molecule has 2 aromatic rings. The Hall–Kier alpha value is -2.17. The minimum Gasteiger partial charge on any atom is -0.439 e. The van der Waals surface area contributed by atoms with Crippen molar-refractivity contribution in [2.75, 3.05) is 0 Å². The second-order valence-corrected chi connectivity index (χ2v) is 3.25. The highest BCUT2D eigenvalue weighted by Crippen LogP contribution is 2.13. The summed E-state index contributed by atoms with van der Waals surface area (Å²) in [5.41, 5.74) is 0.718. The molecule has 0 spiro atoms. The highest BCUT2D eigenvalue weighted by molar-refractivity contribution is 5.70. The minimum absolute atomic E-state index is 0.379. The van der Waals surface area contributed by atoms with Crippen LogP contribution >= 0.6 is 0 Å². The highest BCUT2D eigenvalue weighted by atomic mass is 16.6. The molecule has 0 aliphatic rings. The van der Waals surface area contributed by atoms with Gasteiger partial charge in [0.05, 0.1) is 5.69 Å². The van der Waals surface area contributed by atoms with Crippen molar-refractivity contribution in [3.05, 3.63) is 48.8 Å². The van der Waals surface area contributed by atoms with Crippen molar-refractivity contribution in [3.8, 4) is 0 Å². The van der Waals surface area contributed by atoms with E-state index in [2.05, 4.69) is 9.97 Å². The van der Waals surface area contributed by atoms with Crippen molar-refractivity contribution in [1.82, 2.24) is 14.5 Å². The van der Waals surface area contributed by atoms with Gasteiger partial charge in [0, 0.05) is 18.6 Å². The van der Waals surface area contributed by atoms with Crippen LogP contribution in [0.3, 0.4) is 0 Å². The molecule has 0 aliphatic heterocycles. The molecule has 0 radical (unpaired) electrons. The third-order valence-corrected chi connectivity index (χ3v) is 2.10. The van der Waals surface area contributed by atoms with Crippen LogP contribution in [0, 0.1) is 0 Å². The molecule has 0 N–H and O–H groups in total. The van der Waals surface area contributed by atoms with Crippen LogP contribution in [-0.2, 0) is 4.74 Å². The molecule has 5 nitrogen and oxygen atoms in total. The normalized spacial score (nSPS) is 12.1. The zero-order chi connectivity index (χ0) is 11.4. The van der Waals surface area contributed by atoms with E-state index in [-0.39, 0.29) is 6.10 Å². The molecule has 2 aromatic heterocycles. The number of hydrogen-bond acceptors (Lipinski definition) is 4. The Balaban J connectivity index is 2.03. The number of aromatic nitrogens is 3. The van der Waals surface area contributed by atoms with Crippen molar-refractivity contribution < 1.29 is 9.53 Å². The molecule has 2 heterocycles. The van der Waals surface area contributed by atoms with Crippen molar-refractivity contribution in [1.29, 1.82) is 0 Å². The summed E-state index contributed by atoms with van der Waals surface area (Å²) in [5.74, 6) is 0. The highest BCUT2D eigenvalue weighted by Gasteiger charge is 2.13. The Labute approximate surface area is 92.7 Å². The molecule has 0 aromatic carbocycles. The van der Waals surface area contributed by atoms with E-state index < -0.39 is 6.09 Å². The maximum absolute atomic E-state index is 11.6. The Kier molecular flexibility index (Phi) is 2.95. The van der Waals surface area contributed by atoms with Crippen molar-refractivity contribution >= 4 is 6.09 Å². The van der Waals surface area contributed by atoms with Crippen LogP contribution in [0.25, 0.3) is 0 Å². The average Bonchev–Trinajstić information content (AvgIpc) is 2.83. The maximum atomic E-state index is 11.6. The van der Waals surface area contributed by atoms with Gasteiger partial charge in [0.15, 0.2) is 0 Å². The summed E-state index contributed by atoms with van der Waals surface area (Å²) in [4.78, 5) is 19.4. The second kappa shape index (κ2) is 4.57. The first-order valence-corrected chi connectivity index (χ1v) is 4.87. The zero-order valence-corrected chi connectivity index (χ0v) is 8.78. The molecule has 16 heavy (non-hydrogen) atoms. The lowest BCUT2D eigenvalue weighted by Gasteiger charge is -2.12. The molecule has 2 rings (SSSR count). The number of ether oxygens (including phenoxy) is 1. The molecule has 0 aliphatic carbocycles. The largest absolute Gasteiger partial charge is 0.439 e. The predicted molar refractivity (Wildman–Crippen MR) is 56.8 cm³/mol. The summed E-state index contributed by atoms with van der Waals surface area (Å²) in [5, 5.41) is 0. The average molecular weight is 217 g/mol. The summed E-state index contributed by atoms with van der Waals surface area (Å²) in [6.45, 7) is 1.77. The van der Waals surface area contributed by atoms with E-state index in [1.54, 1.807) is 13.1 Å². The smallest absolute Gasteiger partial charge is 0.419 e. The van der Waals surface area contributed by atoms with Gasteiger partial charge in [-0.15, -0.1) is 0 Å². The lowest BCUT2D eigenvalue weighted by molar-refractivity contribution is 0.106. The third kappa shape index (κ3) is 2.25. The molecule has 0 amide bonds. The number of nitrogens with zero attached hydrogens (tertiary/aromatic N) is 3. The summed E-state index contributed by atoms with van der Waals surface area (Å²) in [6.07, 6.45) is 5.27. The molecule has 82 valence electrons. The molecule has 0 unspecified atom stereocenters. The molecular weight excluding hydrogens is 206 g/mol. The second-order valence-electron chi connectivity index (χ2n) is 3.25. The van der Waals surface area contributed by atoms with Gasteiger partial charge in [0.1, 0.15) is 12.4 Å². The van der Waals surface area contributed by atoms with Crippen molar-refractivity contribution in [3.63, 3.8) is 0 Å². The summed E-state index contributed by atoms with van der Waals surface area (Å²) in [7, 11) is 0. The summed E-state index contributed by atoms with van der Waals surface area (Å²) in [6, 6.07) is 5.48. The van der Waals surface area contributed by atoms with Crippen LogP contribution in [0.5, 0.6) is 0 Å². The molecule has 0 bridgehead atoms. The van der Waals surface area contributed by atoms with Crippen molar-refractivity contribution in [2.24, 2.45) is 0 Å². The van der Waals surface area contributed by atoms with Gasteiger partial charge < -0.3 is 4.74 Å². The maximum Gasteiger partial charge on any atom is 0.419 e. The molecule has 0 saturated carbocycles. The first-order valence-electron chi connectivity index (χ1n) is 4.87. The number of pyridine rings is 1. The molecular formula is C11H11N3O2. The zero-order valence-electron chi connectivity index (χ0n) is 8.78. The fourth-order valence-corrected chi connectivity index (χ4v) is 1.26. The first-order chi connectivity index (χ1) is 7.77. The molecule has 0 saturated heterocycles. The first kappa shape index (κ1) is 10.4. The topological polar surface area (TPSA) is 57.0 Å². The van der Waals surface area contributed by atoms with E-state index in [0.717, 1.165) is 5.69 Å². The molecule has 1 atom stereocenters. The molecule has 5 heteroatoms. The van der Waals surface area contributed by atoms with Gasteiger partial charge in [0.25, 0.3) is 0 Å². The van der Waals surface area contributed by atoms with Crippen molar-refractivity contribution in [2.45, 2.75) is 13.0 Å². The van der Waals surface area contributed by atoms with Gasteiger partial charge in [-0.3, -0.25) is 4.98 Å². The van der Waals surface area contributed by atoms with Crippen LogP contribution in [0.4, 0.5) is 4.79 Å². The molecule has 0 fully saturated rings. The van der Waals surface area contributed by atoms with Crippen LogP contribution in [0.1, 0.15) is 18.7 Å². The van der Waals surface area contributed by atoms with Gasteiger partial charge in [-0.05, 0) is 19.1 Å². The predicted octanol–water partition coefficient (Wildman–Crippen LogP) is 2.02. The van der Waals surface area contributed by atoms with E-state index in [0.29, 0.717) is 0 Å². The lowest BCUT2D eigenvalue weighted by atomic mass is 10.2. The van der Waals surface area contributed by atoms with Crippen LogP contribution in [0.15, 0.2) is 43.1 Å². The van der Waals surface area contributed by atoms with Gasteiger partial charge >= 0.3 is 6.09 Å². The summed E-state index contributed by atoms with van der Waals surface area (Å²) < 4.78 is 6.48. The van der Waals surface area contributed by atoms with Crippen LogP contribution in [0.2, 0.25) is 0 Å². The third-order valence-electron chi connectivity index (χ3n) is 2.10. The Morgan fingerprint density at radius 3 is 2.94 bits per heavy atom. The Bertz CT molecular complexity index is 453.